The molecule has 1 aromatic rings. The van der Waals surface area contributed by atoms with Crippen molar-refractivity contribution in [1.29, 1.82) is 0 Å². The van der Waals surface area contributed by atoms with Crippen molar-refractivity contribution >= 4 is 17.5 Å². The Kier molecular flexibility index (Phi) is 6.09. The van der Waals surface area contributed by atoms with E-state index in [4.69, 9.17) is 16.3 Å². The van der Waals surface area contributed by atoms with Crippen LogP contribution in [0.15, 0.2) is 24.3 Å². The number of amides is 1. The van der Waals surface area contributed by atoms with E-state index in [1.165, 1.54) is 0 Å². The second-order valence-corrected chi connectivity index (χ2v) is 6.51. The van der Waals surface area contributed by atoms with Crippen molar-refractivity contribution in [2.24, 2.45) is 0 Å². The molecule has 2 rings (SSSR count). The van der Waals surface area contributed by atoms with Gasteiger partial charge in [0.15, 0.2) is 6.10 Å². The van der Waals surface area contributed by atoms with E-state index in [2.05, 4.69) is 24.1 Å². The highest BCUT2D eigenvalue weighted by molar-refractivity contribution is 6.32. The van der Waals surface area contributed by atoms with Gasteiger partial charge in [-0.2, -0.15) is 0 Å². The number of ether oxygens (including phenoxy) is 1. The van der Waals surface area contributed by atoms with Crippen molar-refractivity contribution in [3.05, 3.63) is 29.3 Å². The number of para-hydroxylation sites is 1. The van der Waals surface area contributed by atoms with Gasteiger partial charge < -0.3 is 15.0 Å². The van der Waals surface area contributed by atoms with E-state index >= 15 is 0 Å². The minimum atomic E-state index is -0.553. The summed E-state index contributed by atoms with van der Waals surface area (Å²) < 4.78 is 5.65. The zero-order valence-electron chi connectivity index (χ0n) is 13.5. The number of carbonyl (C=O) groups excluding carboxylic acids is 1. The minimum absolute atomic E-state index is 0.0806. The Balaban J connectivity index is 1.81. The van der Waals surface area contributed by atoms with Gasteiger partial charge in [-0.1, -0.05) is 23.7 Å². The average molecular weight is 325 g/mol. The van der Waals surface area contributed by atoms with Gasteiger partial charge in [0.05, 0.1) is 5.02 Å². The van der Waals surface area contributed by atoms with Gasteiger partial charge >= 0.3 is 0 Å². The van der Waals surface area contributed by atoms with Crippen LogP contribution in [-0.4, -0.2) is 42.1 Å². The Labute approximate surface area is 137 Å². The molecule has 1 heterocycles. The summed E-state index contributed by atoms with van der Waals surface area (Å²) in [5.74, 6) is 0.462. The van der Waals surface area contributed by atoms with Gasteiger partial charge in [-0.25, -0.2) is 0 Å². The standard InChI is InChI=1S/C17H25ClN2O2/c1-12(2)20-10-8-14(9-11-20)19-17(21)13(3)22-16-7-5-4-6-15(16)18/h4-7,12-14H,8-11H2,1-3H3,(H,19,21)/t13-/m0/s1. The molecule has 0 saturated carbocycles. The number of hydrogen-bond acceptors (Lipinski definition) is 3. The molecule has 1 aliphatic heterocycles. The molecule has 0 radical (unpaired) electrons. The molecule has 0 bridgehead atoms. The summed E-state index contributed by atoms with van der Waals surface area (Å²) in [6.07, 6.45) is 1.42. The van der Waals surface area contributed by atoms with E-state index in [1.807, 2.05) is 12.1 Å². The molecule has 1 fully saturated rings. The first-order valence-corrected chi connectivity index (χ1v) is 8.30. The second-order valence-electron chi connectivity index (χ2n) is 6.10. The molecule has 1 amide bonds. The van der Waals surface area contributed by atoms with Crippen LogP contribution in [0.5, 0.6) is 5.75 Å². The molecule has 5 heteroatoms. The average Bonchev–Trinajstić information content (AvgIpc) is 2.50. The first-order chi connectivity index (χ1) is 10.5. The fourth-order valence-corrected chi connectivity index (χ4v) is 2.84. The van der Waals surface area contributed by atoms with E-state index < -0.39 is 6.10 Å². The molecular weight excluding hydrogens is 300 g/mol. The van der Waals surface area contributed by atoms with E-state index in [9.17, 15) is 4.79 Å². The van der Waals surface area contributed by atoms with Crippen LogP contribution in [0, 0.1) is 0 Å². The molecule has 1 aliphatic rings. The smallest absolute Gasteiger partial charge is 0.260 e. The maximum Gasteiger partial charge on any atom is 0.260 e. The number of piperidine rings is 1. The summed E-state index contributed by atoms with van der Waals surface area (Å²) in [5.41, 5.74) is 0. The Morgan fingerprint density at radius 2 is 1.91 bits per heavy atom. The van der Waals surface area contributed by atoms with E-state index in [-0.39, 0.29) is 11.9 Å². The highest BCUT2D eigenvalue weighted by atomic mass is 35.5. The molecular formula is C17H25ClN2O2. The first kappa shape index (κ1) is 17.1. The van der Waals surface area contributed by atoms with Crippen LogP contribution in [0.4, 0.5) is 0 Å². The van der Waals surface area contributed by atoms with Crippen molar-refractivity contribution in [3.8, 4) is 5.75 Å². The summed E-state index contributed by atoms with van der Waals surface area (Å²) in [7, 11) is 0. The predicted molar refractivity (Wildman–Crippen MR) is 89.4 cm³/mol. The van der Waals surface area contributed by atoms with Crippen molar-refractivity contribution in [2.45, 2.75) is 51.8 Å². The quantitative estimate of drug-likeness (QED) is 0.905. The zero-order valence-corrected chi connectivity index (χ0v) is 14.3. The number of nitrogens with zero attached hydrogens (tertiary/aromatic N) is 1. The molecule has 122 valence electrons. The molecule has 22 heavy (non-hydrogen) atoms. The molecule has 0 aliphatic carbocycles. The Morgan fingerprint density at radius 1 is 1.27 bits per heavy atom. The summed E-state index contributed by atoms with van der Waals surface area (Å²) in [4.78, 5) is 14.7. The third-order valence-electron chi connectivity index (χ3n) is 4.12. The lowest BCUT2D eigenvalue weighted by atomic mass is 10.0. The number of likely N-dealkylation sites (tertiary alicyclic amines) is 1. The summed E-state index contributed by atoms with van der Waals surface area (Å²) >= 11 is 6.05. The lowest BCUT2D eigenvalue weighted by molar-refractivity contribution is -0.128. The highest BCUT2D eigenvalue weighted by Crippen LogP contribution is 2.24. The van der Waals surface area contributed by atoms with Crippen LogP contribution in [0.25, 0.3) is 0 Å². The van der Waals surface area contributed by atoms with Crippen molar-refractivity contribution in [3.63, 3.8) is 0 Å². The largest absolute Gasteiger partial charge is 0.479 e. The molecule has 4 nitrogen and oxygen atoms in total. The van der Waals surface area contributed by atoms with Gasteiger partial charge in [0.2, 0.25) is 0 Å². The van der Waals surface area contributed by atoms with Crippen molar-refractivity contribution in [2.75, 3.05) is 13.1 Å². The summed E-state index contributed by atoms with van der Waals surface area (Å²) in [5, 5.41) is 3.60. The monoisotopic (exact) mass is 324 g/mol. The lowest BCUT2D eigenvalue weighted by Crippen LogP contribution is -2.49. The van der Waals surface area contributed by atoms with Crippen molar-refractivity contribution in [1.82, 2.24) is 10.2 Å². The third-order valence-corrected chi connectivity index (χ3v) is 4.43. The number of benzene rings is 1. The Bertz CT molecular complexity index is 499. The van der Waals surface area contributed by atoms with Crippen LogP contribution in [0.1, 0.15) is 33.6 Å². The SMILES string of the molecule is CC(C)N1CCC(NC(=O)[C@H](C)Oc2ccccc2Cl)CC1. The highest BCUT2D eigenvalue weighted by Gasteiger charge is 2.24. The third kappa shape index (κ3) is 4.62. The number of hydrogen-bond donors (Lipinski definition) is 1. The fraction of sp³-hybridized carbons (Fsp3) is 0.588. The maximum atomic E-state index is 12.2. The van der Waals surface area contributed by atoms with Gasteiger partial charge in [-0.15, -0.1) is 0 Å². The number of carbonyl (C=O) groups is 1. The van der Waals surface area contributed by atoms with Gasteiger partial charge in [0.25, 0.3) is 5.91 Å². The van der Waals surface area contributed by atoms with E-state index in [0.717, 1.165) is 25.9 Å². The zero-order chi connectivity index (χ0) is 16.1. The maximum absolute atomic E-state index is 12.2. The molecule has 1 aromatic carbocycles. The van der Waals surface area contributed by atoms with Crippen LogP contribution in [0.3, 0.4) is 0 Å². The van der Waals surface area contributed by atoms with Crippen LogP contribution >= 0.6 is 11.6 Å². The molecule has 0 aromatic heterocycles. The summed E-state index contributed by atoms with van der Waals surface area (Å²) in [6, 6.07) is 8.01. The molecule has 0 spiro atoms. The predicted octanol–water partition coefficient (Wildman–Crippen LogP) is 3.10. The van der Waals surface area contributed by atoms with E-state index in [0.29, 0.717) is 16.8 Å². The van der Waals surface area contributed by atoms with Crippen LogP contribution < -0.4 is 10.1 Å². The molecule has 1 N–H and O–H groups in total. The number of nitrogens with one attached hydrogen (secondary N) is 1. The second kappa shape index (κ2) is 7.84. The number of rotatable bonds is 5. The Hall–Kier alpha value is -1.26. The van der Waals surface area contributed by atoms with Crippen molar-refractivity contribution < 1.29 is 9.53 Å². The summed E-state index contributed by atoms with van der Waals surface area (Å²) in [6.45, 7) is 8.23. The molecule has 0 unspecified atom stereocenters. The topological polar surface area (TPSA) is 41.6 Å². The normalized spacial score (nSPS) is 18.2. The van der Waals surface area contributed by atoms with Gasteiger partial charge in [-0.05, 0) is 45.7 Å². The first-order valence-electron chi connectivity index (χ1n) is 7.93. The number of halogens is 1. The van der Waals surface area contributed by atoms with Crippen LogP contribution in [0.2, 0.25) is 5.02 Å². The van der Waals surface area contributed by atoms with Crippen LogP contribution in [-0.2, 0) is 4.79 Å². The van der Waals surface area contributed by atoms with Gasteiger partial charge in [-0.3, -0.25) is 4.79 Å². The van der Waals surface area contributed by atoms with Gasteiger partial charge in [0, 0.05) is 25.2 Å². The van der Waals surface area contributed by atoms with E-state index in [1.54, 1.807) is 19.1 Å². The molecule has 1 atom stereocenters. The van der Waals surface area contributed by atoms with Gasteiger partial charge in [0.1, 0.15) is 5.75 Å². The lowest BCUT2D eigenvalue weighted by Gasteiger charge is -2.35. The fourth-order valence-electron chi connectivity index (χ4n) is 2.66. The minimum Gasteiger partial charge on any atom is -0.479 e. The Morgan fingerprint density at radius 3 is 2.50 bits per heavy atom. The molecule has 1 saturated heterocycles.